The van der Waals surface area contributed by atoms with Crippen LogP contribution in [0, 0.1) is 0 Å². The average Bonchev–Trinajstić information content (AvgIpc) is 3.41. The van der Waals surface area contributed by atoms with Crippen LogP contribution in [0.5, 0.6) is 0 Å². The number of methoxy groups -OCH3 is 1. The normalized spacial score (nSPS) is 16.8. The molecule has 10 nitrogen and oxygen atoms in total. The maximum atomic E-state index is 13.4. The van der Waals surface area contributed by atoms with E-state index in [9.17, 15) is 19.2 Å². The third-order valence-electron chi connectivity index (χ3n) is 6.83. The molecule has 0 radical (unpaired) electrons. The largest absolute Gasteiger partial charge is 0.467 e. The minimum Gasteiger partial charge on any atom is -0.467 e. The first-order valence-corrected chi connectivity index (χ1v) is 17.0. The lowest BCUT2D eigenvalue weighted by Crippen LogP contribution is -2.42. The van der Waals surface area contributed by atoms with Crippen molar-refractivity contribution >= 4 is 52.5 Å². The lowest BCUT2D eigenvalue weighted by Gasteiger charge is -2.24. The molecule has 2 amide bonds. The van der Waals surface area contributed by atoms with Gasteiger partial charge in [0.05, 0.1) is 13.2 Å². The van der Waals surface area contributed by atoms with Gasteiger partial charge in [0.15, 0.2) is 0 Å². The van der Waals surface area contributed by atoms with Crippen LogP contribution in [0.3, 0.4) is 0 Å². The van der Waals surface area contributed by atoms with E-state index in [0.717, 1.165) is 22.9 Å². The summed E-state index contributed by atoms with van der Waals surface area (Å²) in [6.45, 7) is 9.76. The molecule has 3 atom stereocenters. The van der Waals surface area contributed by atoms with Gasteiger partial charge in [0, 0.05) is 29.6 Å². The number of nitrogens with zero attached hydrogens (tertiary/aromatic N) is 1. The summed E-state index contributed by atoms with van der Waals surface area (Å²) in [5, 5.41) is 5.64. The number of rotatable bonds is 13. The summed E-state index contributed by atoms with van der Waals surface area (Å²) < 4.78 is 15.7. The molecule has 0 saturated carbocycles. The summed E-state index contributed by atoms with van der Waals surface area (Å²) in [7, 11) is 1.30. The van der Waals surface area contributed by atoms with E-state index in [-0.39, 0.29) is 17.9 Å². The monoisotopic (exact) mass is 657 g/mol. The van der Waals surface area contributed by atoms with Crippen molar-refractivity contribution in [2.75, 3.05) is 44.1 Å². The number of thioether (sulfide) groups is 2. The number of hydrogen-bond donors (Lipinski definition) is 2. The highest BCUT2D eigenvalue weighted by atomic mass is 32.2. The van der Waals surface area contributed by atoms with Crippen LogP contribution in [0.2, 0.25) is 0 Å². The van der Waals surface area contributed by atoms with Crippen molar-refractivity contribution in [1.29, 1.82) is 0 Å². The first-order valence-electron chi connectivity index (χ1n) is 14.7. The van der Waals surface area contributed by atoms with Crippen LogP contribution in [-0.4, -0.2) is 89.9 Å². The Morgan fingerprint density at radius 1 is 1.11 bits per heavy atom. The number of ether oxygens (including phenoxy) is 3. The molecule has 0 spiro atoms. The number of nitrogens with one attached hydrogen (secondary N) is 2. The van der Waals surface area contributed by atoms with E-state index in [2.05, 4.69) is 17.2 Å². The van der Waals surface area contributed by atoms with E-state index < -0.39 is 34.9 Å². The molecule has 2 aromatic rings. The number of esters is 1. The second kappa shape index (κ2) is 17.2. The van der Waals surface area contributed by atoms with Gasteiger partial charge in [-0.2, -0.15) is 11.8 Å². The van der Waals surface area contributed by atoms with Gasteiger partial charge in [-0.15, -0.1) is 0 Å². The van der Waals surface area contributed by atoms with Gasteiger partial charge in [-0.3, -0.25) is 4.79 Å². The SMILES string of the molecule is C=CCOC(=O)N1C[C@@H](SC(=O)OC(C)(C)C)C[C@H]1CNc1cc(C(=O)N[C@@H](CCSC)C(=O)OC)cc(-c2ccccc2)c1. The van der Waals surface area contributed by atoms with Crippen LogP contribution in [0.15, 0.2) is 61.2 Å². The fourth-order valence-electron chi connectivity index (χ4n) is 4.76. The van der Waals surface area contributed by atoms with E-state index in [0.29, 0.717) is 42.9 Å². The van der Waals surface area contributed by atoms with E-state index in [1.165, 1.54) is 13.2 Å². The number of carbonyl (C=O) groups excluding carboxylic acids is 4. The van der Waals surface area contributed by atoms with Gasteiger partial charge >= 0.3 is 17.4 Å². The molecule has 45 heavy (non-hydrogen) atoms. The molecule has 2 N–H and O–H groups in total. The number of hydrogen-bond acceptors (Lipinski definition) is 10. The lowest BCUT2D eigenvalue weighted by atomic mass is 10.0. The summed E-state index contributed by atoms with van der Waals surface area (Å²) in [5.41, 5.74) is 2.11. The number of benzene rings is 2. The standard InChI is InChI=1S/C33H43N3O7S2/c1-7-14-42-31(39)36-21-27(45-32(40)43-33(2,3)4)19-26(36)20-34-25-17-23(22-11-9-8-10-12-22)16-24(18-25)29(37)35-28(13-15-44-6)30(38)41-5/h7-12,16-18,26-28,34H,1,13-15,19-21H2,2-6H3,(H,35,37)/t26-,27-,28-/m0/s1. The molecular weight excluding hydrogens is 615 g/mol. The van der Waals surface area contributed by atoms with Crippen molar-refractivity contribution in [2.45, 2.75) is 56.5 Å². The minimum absolute atomic E-state index is 0.0699. The summed E-state index contributed by atoms with van der Waals surface area (Å²) in [6.07, 6.45) is 3.90. The molecule has 12 heteroatoms. The van der Waals surface area contributed by atoms with Crippen molar-refractivity contribution in [3.63, 3.8) is 0 Å². The zero-order valence-corrected chi connectivity index (χ0v) is 28.1. The van der Waals surface area contributed by atoms with Crippen molar-refractivity contribution in [3.05, 3.63) is 66.7 Å². The van der Waals surface area contributed by atoms with Gasteiger partial charge < -0.3 is 29.7 Å². The summed E-state index contributed by atoms with van der Waals surface area (Å²) in [4.78, 5) is 52.9. The third-order valence-corrected chi connectivity index (χ3v) is 8.43. The Kier molecular flexibility index (Phi) is 13.7. The molecule has 1 aliphatic heterocycles. The first kappa shape index (κ1) is 35.8. The van der Waals surface area contributed by atoms with Crippen LogP contribution in [0.1, 0.15) is 44.0 Å². The van der Waals surface area contributed by atoms with E-state index in [1.807, 2.05) is 63.4 Å². The van der Waals surface area contributed by atoms with Crippen LogP contribution in [-0.2, 0) is 19.0 Å². The number of likely N-dealkylation sites (tertiary alicyclic amines) is 1. The third kappa shape index (κ3) is 11.3. The van der Waals surface area contributed by atoms with E-state index >= 15 is 0 Å². The molecule has 1 heterocycles. The molecule has 0 aliphatic carbocycles. The number of carbonyl (C=O) groups is 4. The van der Waals surface area contributed by atoms with Gasteiger partial charge in [-0.05, 0) is 86.7 Å². The Hall–Kier alpha value is -3.64. The number of anilines is 1. The van der Waals surface area contributed by atoms with Crippen LogP contribution < -0.4 is 10.6 Å². The van der Waals surface area contributed by atoms with Crippen molar-refractivity contribution < 1.29 is 33.4 Å². The molecule has 0 aromatic heterocycles. The van der Waals surface area contributed by atoms with Gasteiger partial charge in [0.25, 0.3) is 5.91 Å². The highest BCUT2D eigenvalue weighted by Gasteiger charge is 2.38. The zero-order valence-electron chi connectivity index (χ0n) is 26.5. The molecule has 1 saturated heterocycles. The quantitative estimate of drug-likeness (QED) is 0.146. The van der Waals surface area contributed by atoms with Gasteiger partial charge in [-0.25, -0.2) is 14.4 Å². The summed E-state index contributed by atoms with van der Waals surface area (Å²) >= 11 is 2.65. The van der Waals surface area contributed by atoms with Gasteiger partial charge in [0.1, 0.15) is 18.2 Å². The Bertz CT molecular complexity index is 1330. The lowest BCUT2D eigenvalue weighted by molar-refractivity contribution is -0.142. The Morgan fingerprint density at radius 3 is 2.49 bits per heavy atom. The molecule has 2 aromatic carbocycles. The van der Waals surface area contributed by atoms with Gasteiger partial charge in [-0.1, -0.05) is 43.0 Å². The summed E-state index contributed by atoms with van der Waals surface area (Å²) in [6, 6.07) is 14.0. The minimum atomic E-state index is -0.778. The predicted octanol–water partition coefficient (Wildman–Crippen LogP) is 6.22. The number of amides is 2. The molecule has 0 unspecified atom stereocenters. The average molecular weight is 658 g/mol. The second-order valence-electron chi connectivity index (χ2n) is 11.5. The predicted molar refractivity (Wildman–Crippen MR) is 181 cm³/mol. The first-order chi connectivity index (χ1) is 21.4. The Morgan fingerprint density at radius 2 is 1.84 bits per heavy atom. The molecule has 1 aliphatic rings. The van der Waals surface area contributed by atoms with Crippen molar-refractivity contribution in [2.24, 2.45) is 0 Å². The molecule has 0 bridgehead atoms. The van der Waals surface area contributed by atoms with E-state index in [1.54, 1.807) is 28.8 Å². The van der Waals surface area contributed by atoms with Crippen LogP contribution in [0.4, 0.5) is 15.3 Å². The maximum Gasteiger partial charge on any atom is 0.410 e. The summed E-state index contributed by atoms with van der Waals surface area (Å²) in [5.74, 6) is -0.230. The molecular formula is C33H43N3O7S2. The highest BCUT2D eigenvalue weighted by Crippen LogP contribution is 2.32. The van der Waals surface area contributed by atoms with Crippen molar-refractivity contribution in [1.82, 2.24) is 10.2 Å². The van der Waals surface area contributed by atoms with E-state index in [4.69, 9.17) is 14.2 Å². The Balaban J connectivity index is 1.84. The zero-order chi connectivity index (χ0) is 33.0. The maximum absolute atomic E-state index is 13.4. The smallest absolute Gasteiger partial charge is 0.410 e. The van der Waals surface area contributed by atoms with Crippen LogP contribution in [0.25, 0.3) is 11.1 Å². The molecule has 244 valence electrons. The second-order valence-corrected chi connectivity index (χ2v) is 13.7. The fourth-order valence-corrected chi connectivity index (χ4v) is 6.36. The van der Waals surface area contributed by atoms with Crippen LogP contribution >= 0.6 is 23.5 Å². The Labute approximate surface area is 274 Å². The topological polar surface area (TPSA) is 123 Å². The van der Waals surface area contributed by atoms with Gasteiger partial charge in [0.2, 0.25) is 0 Å². The van der Waals surface area contributed by atoms with Crippen molar-refractivity contribution in [3.8, 4) is 11.1 Å². The highest BCUT2D eigenvalue weighted by molar-refractivity contribution is 8.13. The fraction of sp³-hybridized carbons (Fsp3) is 0.455. The molecule has 3 rings (SSSR count). The molecule has 1 fully saturated rings.